The summed E-state index contributed by atoms with van der Waals surface area (Å²) in [5, 5.41) is 0. The fraction of sp³-hybridized carbons (Fsp3) is 0.0833. The summed E-state index contributed by atoms with van der Waals surface area (Å²) < 4.78 is 3.53. The normalized spacial score (nSPS) is 10.4. The van der Waals surface area contributed by atoms with Gasteiger partial charge in [-0.1, -0.05) is 6.07 Å². The predicted molar refractivity (Wildman–Crippen MR) is 72.2 cm³/mol. The summed E-state index contributed by atoms with van der Waals surface area (Å²) in [4.78, 5) is 11.7. The molecule has 2 aromatic rings. The summed E-state index contributed by atoms with van der Waals surface area (Å²) in [7, 11) is 0. The van der Waals surface area contributed by atoms with Crippen LogP contribution in [0.1, 0.15) is 5.56 Å². The molecular formula is C12H9Br2NO. The van der Waals surface area contributed by atoms with Gasteiger partial charge in [0, 0.05) is 26.9 Å². The van der Waals surface area contributed by atoms with E-state index in [-0.39, 0.29) is 5.56 Å². The van der Waals surface area contributed by atoms with Crippen LogP contribution in [0.25, 0.3) is 5.69 Å². The van der Waals surface area contributed by atoms with Crippen LogP contribution >= 0.6 is 31.9 Å². The summed E-state index contributed by atoms with van der Waals surface area (Å²) in [6.07, 6.45) is 1.83. The Bertz CT molecular complexity index is 590. The maximum atomic E-state index is 11.7. The second kappa shape index (κ2) is 4.55. The number of aromatic nitrogens is 1. The Hall–Kier alpha value is -0.870. The minimum absolute atomic E-state index is 0.0279. The van der Waals surface area contributed by atoms with E-state index >= 15 is 0 Å². The fourth-order valence-corrected chi connectivity index (χ4v) is 2.04. The summed E-state index contributed by atoms with van der Waals surface area (Å²) in [6.45, 7) is 1.96. The minimum Gasteiger partial charge on any atom is -0.284 e. The Balaban J connectivity index is 2.63. The van der Waals surface area contributed by atoms with Gasteiger partial charge >= 0.3 is 0 Å². The van der Waals surface area contributed by atoms with E-state index in [4.69, 9.17) is 0 Å². The minimum atomic E-state index is -0.0279. The standard InChI is InChI=1S/C12H9Br2NO/c1-8-2-5-12(16)15(7-8)9-3-4-10(13)11(14)6-9/h2-7H,1H3. The van der Waals surface area contributed by atoms with Gasteiger partial charge in [-0.3, -0.25) is 9.36 Å². The lowest BCUT2D eigenvalue weighted by Crippen LogP contribution is -2.16. The number of hydrogen-bond donors (Lipinski definition) is 0. The zero-order valence-corrected chi connectivity index (χ0v) is 11.7. The largest absolute Gasteiger partial charge is 0.284 e. The second-order valence-corrected chi connectivity index (χ2v) is 5.22. The van der Waals surface area contributed by atoms with Crippen LogP contribution in [0.5, 0.6) is 0 Å². The highest BCUT2D eigenvalue weighted by Gasteiger charge is 2.02. The molecule has 0 atom stereocenters. The number of halogens is 2. The Morgan fingerprint density at radius 3 is 2.50 bits per heavy atom. The molecule has 1 heterocycles. The zero-order valence-electron chi connectivity index (χ0n) is 8.58. The van der Waals surface area contributed by atoms with Crippen LogP contribution in [-0.2, 0) is 0 Å². The van der Waals surface area contributed by atoms with E-state index in [9.17, 15) is 4.79 Å². The molecule has 1 aromatic carbocycles. The van der Waals surface area contributed by atoms with Gasteiger partial charge in [0.1, 0.15) is 0 Å². The third-order valence-corrected chi connectivity index (χ3v) is 4.12. The Kier molecular flexibility index (Phi) is 3.30. The number of nitrogens with zero attached hydrogens (tertiary/aromatic N) is 1. The van der Waals surface area contributed by atoms with Crippen molar-refractivity contribution in [2.24, 2.45) is 0 Å². The first-order chi connectivity index (χ1) is 7.58. The summed E-state index contributed by atoms with van der Waals surface area (Å²) in [5.74, 6) is 0. The molecule has 0 radical (unpaired) electrons. The van der Waals surface area contributed by atoms with Crippen LogP contribution in [0.3, 0.4) is 0 Å². The second-order valence-electron chi connectivity index (χ2n) is 3.51. The molecule has 2 nitrogen and oxygen atoms in total. The lowest BCUT2D eigenvalue weighted by molar-refractivity contribution is 0.975. The Morgan fingerprint density at radius 2 is 1.81 bits per heavy atom. The van der Waals surface area contributed by atoms with Gasteiger partial charge < -0.3 is 0 Å². The molecule has 2 rings (SSSR count). The zero-order chi connectivity index (χ0) is 11.7. The van der Waals surface area contributed by atoms with Gasteiger partial charge in [0.2, 0.25) is 0 Å². The van der Waals surface area contributed by atoms with Crippen LogP contribution in [-0.4, -0.2) is 4.57 Å². The van der Waals surface area contributed by atoms with Gasteiger partial charge in [0.15, 0.2) is 0 Å². The van der Waals surface area contributed by atoms with Crippen LogP contribution < -0.4 is 5.56 Å². The molecule has 0 aliphatic rings. The molecule has 0 spiro atoms. The van der Waals surface area contributed by atoms with Crippen LogP contribution in [0, 0.1) is 6.92 Å². The van der Waals surface area contributed by atoms with E-state index in [1.165, 1.54) is 0 Å². The number of pyridine rings is 1. The topological polar surface area (TPSA) is 22.0 Å². The van der Waals surface area contributed by atoms with Gasteiger partial charge in [-0.05, 0) is 62.5 Å². The van der Waals surface area contributed by atoms with Crippen molar-refractivity contribution in [2.45, 2.75) is 6.92 Å². The summed E-state index contributed by atoms with van der Waals surface area (Å²) in [6, 6.07) is 9.10. The van der Waals surface area contributed by atoms with Crippen molar-refractivity contribution in [2.75, 3.05) is 0 Å². The van der Waals surface area contributed by atoms with Crippen LogP contribution in [0.4, 0.5) is 0 Å². The van der Waals surface area contributed by atoms with Crippen molar-refractivity contribution in [1.29, 1.82) is 0 Å². The van der Waals surface area contributed by atoms with Gasteiger partial charge in [-0.15, -0.1) is 0 Å². The summed E-state index contributed by atoms with van der Waals surface area (Å²) >= 11 is 6.82. The van der Waals surface area contributed by atoms with Crippen LogP contribution in [0.15, 0.2) is 50.3 Å². The predicted octanol–water partition coefficient (Wildman–Crippen LogP) is 3.67. The average Bonchev–Trinajstić information content (AvgIpc) is 2.26. The van der Waals surface area contributed by atoms with E-state index in [1.54, 1.807) is 10.6 Å². The van der Waals surface area contributed by atoms with E-state index in [0.29, 0.717) is 0 Å². The highest BCUT2D eigenvalue weighted by molar-refractivity contribution is 9.13. The fourth-order valence-electron chi connectivity index (χ4n) is 1.43. The maximum absolute atomic E-state index is 11.7. The first kappa shape index (κ1) is 11.6. The van der Waals surface area contributed by atoms with Gasteiger partial charge in [0.25, 0.3) is 5.56 Å². The van der Waals surface area contributed by atoms with Crippen molar-refractivity contribution in [3.05, 3.63) is 61.4 Å². The third-order valence-electron chi connectivity index (χ3n) is 2.24. The Morgan fingerprint density at radius 1 is 1.06 bits per heavy atom. The average molecular weight is 343 g/mol. The van der Waals surface area contributed by atoms with Crippen LogP contribution in [0.2, 0.25) is 0 Å². The molecule has 0 bridgehead atoms. The van der Waals surface area contributed by atoms with E-state index < -0.39 is 0 Å². The van der Waals surface area contributed by atoms with E-state index in [0.717, 1.165) is 20.2 Å². The van der Waals surface area contributed by atoms with Crippen molar-refractivity contribution in [3.8, 4) is 5.69 Å². The molecule has 0 fully saturated rings. The van der Waals surface area contributed by atoms with Crippen molar-refractivity contribution < 1.29 is 0 Å². The molecule has 0 aliphatic carbocycles. The number of aryl methyl sites for hydroxylation is 1. The van der Waals surface area contributed by atoms with Gasteiger partial charge in [-0.25, -0.2) is 0 Å². The quantitative estimate of drug-likeness (QED) is 0.775. The molecule has 0 saturated heterocycles. The van der Waals surface area contributed by atoms with Crippen molar-refractivity contribution in [1.82, 2.24) is 4.57 Å². The van der Waals surface area contributed by atoms with E-state index in [1.807, 2.05) is 37.4 Å². The Labute approximate surface area is 110 Å². The molecule has 0 unspecified atom stereocenters. The SMILES string of the molecule is Cc1ccc(=O)n(-c2ccc(Br)c(Br)c2)c1. The monoisotopic (exact) mass is 341 g/mol. The lowest BCUT2D eigenvalue weighted by atomic mass is 10.3. The molecule has 0 amide bonds. The molecule has 16 heavy (non-hydrogen) atoms. The molecule has 82 valence electrons. The highest BCUT2D eigenvalue weighted by Crippen LogP contribution is 2.24. The molecule has 4 heteroatoms. The number of benzene rings is 1. The third kappa shape index (κ3) is 2.28. The molecule has 0 aliphatic heterocycles. The molecule has 0 N–H and O–H groups in total. The van der Waals surface area contributed by atoms with Gasteiger partial charge in [0.05, 0.1) is 0 Å². The first-order valence-electron chi connectivity index (χ1n) is 4.72. The van der Waals surface area contributed by atoms with Crippen molar-refractivity contribution >= 4 is 31.9 Å². The molecule has 1 aromatic heterocycles. The maximum Gasteiger partial charge on any atom is 0.255 e. The first-order valence-corrected chi connectivity index (χ1v) is 6.31. The highest BCUT2D eigenvalue weighted by atomic mass is 79.9. The summed E-state index contributed by atoms with van der Waals surface area (Å²) in [5.41, 5.74) is 1.88. The van der Waals surface area contributed by atoms with E-state index in [2.05, 4.69) is 31.9 Å². The number of hydrogen-bond acceptors (Lipinski definition) is 1. The number of rotatable bonds is 1. The smallest absolute Gasteiger partial charge is 0.255 e. The van der Waals surface area contributed by atoms with Crippen molar-refractivity contribution in [3.63, 3.8) is 0 Å². The lowest BCUT2D eigenvalue weighted by Gasteiger charge is -2.07. The molecule has 0 saturated carbocycles. The molecular weight excluding hydrogens is 334 g/mol. The van der Waals surface area contributed by atoms with Gasteiger partial charge in [-0.2, -0.15) is 0 Å².